The molecule has 0 spiro atoms. The van der Waals surface area contributed by atoms with Crippen molar-refractivity contribution in [2.75, 3.05) is 0 Å². The Balaban J connectivity index is 0.864. The second-order valence-corrected chi connectivity index (χ2v) is 18.9. The monoisotopic (exact) mass is 889 g/mol. The molecule has 10 nitrogen and oxygen atoms in total. The van der Waals surface area contributed by atoms with Gasteiger partial charge in [0, 0.05) is 45.1 Å². The number of para-hydroxylation sites is 1. The molecule has 0 aliphatic carbocycles. The van der Waals surface area contributed by atoms with Crippen molar-refractivity contribution in [1.82, 2.24) is 15.2 Å². The molecule has 9 aromatic rings. The summed E-state index contributed by atoms with van der Waals surface area (Å²) in [5, 5.41) is 14.9. The van der Waals surface area contributed by atoms with Crippen molar-refractivity contribution in [2.45, 2.75) is 78.8 Å². The van der Waals surface area contributed by atoms with Crippen LogP contribution >= 0.6 is 0 Å². The van der Waals surface area contributed by atoms with Crippen molar-refractivity contribution < 1.29 is 23.4 Å². The quantitative estimate of drug-likeness (QED) is 0.0478. The number of fused-ring (bicyclic) bond motifs is 3. The third-order valence-electron chi connectivity index (χ3n) is 11.8. The number of hydrazone groups is 1. The number of nitrogens with two attached hydrogens (primary N) is 1. The zero-order chi connectivity index (χ0) is 46.5. The topological polar surface area (TPSA) is 130 Å². The fourth-order valence-corrected chi connectivity index (χ4v) is 7.81. The predicted molar refractivity (Wildman–Crippen MR) is 266 cm³/mol. The maximum Gasteiger partial charge on any atom is 0.248 e. The van der Waals surface area contributed by atoms with Gasteiger partial charge in [-0.05, 0) is 111 Å². The van der Waals surface area contributed by atoms with Gasteiger partial charge in [0.1, 0.15) is 43.7 Å². The standard InChI is InChI=1S/C57H55N5O5/c1-56(2,3)44-23-19-41(20-24-44)53(60-58)66-35-38-13-11-37(12-14-38)33-64-47-29-40(36-63-46-27-28-50-49-9-7-8-10-51(49)59-52(50)32-46)30-48(31-47)65-34-39-15-17-42(18-16-39)54-61-62-55(67-54)43-21-25-45(26-22-43)57(4,5)6/h7-32,59H,33-36,58H2,1-6H3/b60-53-. The van der Waals surface area contributed by atoms with E-state index in [9.17, 15) is 0 Å². The van der Waals surface area contributed by atoms with Crippen molar-refractivity contribution in [3.05, 3.63) is 197 Å². The molecule has 0 fully saturated rings. The molecule has 7 aromatic carbocycles. The smallest absolute Gasteiger partial charge is 0.248 e. The van der Waals surface area contributed by atoms with E-state index < -0.39 is 0 Å². The van der Waals surface area contributed by atoms with Crippen LogP contribution in [0.4, 0.5) is 0 Å². The summed E-state index contributed by atoms with van der Waals surface area (Å²) in [6, 6.07) is 52.8. The number of H-pyrrole nitrogens is 1. The summed E-state index contributed by atoms with van der Waals surface area (Å²) in [6.07, 6.45) is 0. The molecule has 2 heterocycles. The summed E-state index contributed by atoms with van der Waals surface area (Å²) in [5.41, 5.74) is 11.1. The zero-order valence-electron chi connectivity index (χ0n) is 38.8. The van der Waals surface area contributed by atoms with E-state index in [4.69, 9.17) is 29.2 Å². The van der Waals surface area contributed by atoms with Gasteiger partial charge in [0.2, 0.25) is 17.7 Å². The minimum atomic E-state index is 0.0486. The molecule has 0 atom stereocenters. The average molecular weight is 890 g/mol. The van der Waals surface area contributed by atoms with Gasteiger partial charge in [-0.3, -0.25) is 0 Å². The van der Waals surface area contributed by atoms with E-state index in [-0.39, 0.29) is 10.8 Å². The van der Waals surface area contributed by atoms with Crippen molar-refractivity contribution in [1.29, 1.82) is 0 Å². The van der Waals surface area contributed by atoms with Crippen LogP contribution in [-0.2, 0) is 42.0 Å². The Morgan fingerprint density at radius 2 is 1.00 bits per heavy atom. The van der Waals surface area contributed by atoms with Gasteiger partial charge in [0.25, 0.3) is 0 Å². The van der Waals surface area contributed by atoms with Gasteiger partial charge in [-0.1, -0.05) is 120 Å². The van der Waals surface area contributed by atoms with Crippen molar-refractivity contribution in [2.24, 2.45) is 10.9 Å². The van der Waals surface area contributed by atoms with E-state index in [2.05, 4.69) is 110 Å². The molecular weight excluding hydrogens is 835 g/mol. The third-order valence-corrected chi connectivity index (χ3v) is 11.8. The summed E-state index contributed by atoms with van der Waals surface area (Å²) in [5.74, 6) is 9.14. The SMILES string of the molecule is CC(C)(C)c1ccc(/C(=N/N)OCc2ccc(COc3cc(COc4ccc5c(c4)[nH]c4ccccc45)cc(OCc4ccc(-c5nnc(-c6ccc(C(C)(C)C)cc6)o5)cc4)c3)cc2)cc1. The molecule has 9 rings (SSSR count). The first kappa shape index (κ1) is 44.4. The van der Waals surface area contributed by atoms with E-state index in [0.717, 1.165) is 61.1 Å². The largest absolute Gasteiger partial charge is 0.489 e. The van der Waals surface area contributed by atoms with E-state index in [1.807, 2.05) is 109 Å². The minimum Gasteiger partial charge on any atom is -0.489 e. The Bertz CT molecular complexity index is 3140. The van der Waals surface area contributed by atoms with E-state index >= 15 is 0 Å². The van der Waals surface area contributed by atoms with Crippen molar-refractivity contribution >= 4 is 27.7 Å². The normalized spacial score (nSPS) is 12.1. The summed E-state index contributed by atoms with van der Waals surface area (Å²) in [6.45, 7) is 14.4. The highest BCUT2D eigenvalue weighted by Gasteiger charge is 2.17. The minimum absolute atomic E-state index is 0.0486. The molecule has 0 amide bonds. The summed E-state index contributed by atoms with van der Waals surface area (Å²) in [4.78, 5) is 3.51. The first-order valence-corrected chi connectivity index (χ1v) is 22.5. The van der Waals surface area contributed by atoms with Crippen LogP contribution in [-0.4, -0.2) is 21.1 Å². The molecule has 0 radical (unpaired) electrons. The number of hydrogen-bond donors (Lipinski definition) is 2. The number of aromatic nitrogens is 3. The number of ether oxygens (including phenoxy) is 4. The lowest BCUT2D eigenvalue weighted by Gasteiger charge is -2.19. The molecule has 0 aliphatic rings. The van der Waals surface area contributed by atoms with Crippen LogP contribution in [0.2, 0.25) is 0 Å². The molecule has 0 bridgehead atoms. The highest BCUT2D eigenvalue weighted by Crippen LogP contribution is 2.32. The number of nitrogens with zero attached hydrogens (tertiary/aromatic N) is 3. The second kappa shape index (κ2) is 18.9. The Morgan fingerprint density at radius 1 is 0.507 bits per heavy atom. The van der Waals surface area contributed by atoms with Gasteiger partial charge >= 0.3 is 0 Å². The number of benzene rings is 7. The maximum absolute atomic E-state index is 6.41. The van der Waals surface area contributed by atoms with Crippen LogP contribution in [0.3, 0.4) is 0 Å². The number of hydrogen-bond acceptors (Lipinski definition) is 9. The molecule has 3 N–H and O–H groups in total. The van der Waals surface area contributed by atoms with Crippen LogP contribution in [0, 0.1) is 0 Å². The van der Waals surface area contributed by atoms with Crippen molar-refractivity contribution in [3.63, 3.8) is 0 Å². The number of rotatable bonds is 14. The predicted octanol–water partition coefficient (Wildman–Crippen LogP) is 13.2. The van der Waals surface area contributed by atoms with Crippen LogP contribution in [0.1, 0.15) is 80.5 Å². The highest BCUT2D eigenvalue weighted by molar-refractivity contribution is 6.07. The Hall–Kier alpha value is -7.85. The average Bonchev–Trinajstić information content (AvgIpc) is 3.98. The summed E-state index contributed by atoms with van der Waals surface area (Å²) >= 11 is 0. The van der Waals surface area contributed by atoms with Crippen LogP contribution in [0.15, 0.2) is 167 Å². The van der Waals surface area contributed by atoms with E-state index in [0.29, 0.717) is 55.6 Å². The molecule has 2 aromatic heterocycles. The Morgan fingerprint density at radius 3 is 1.58 bits per heavy atom. The van der Waals surface area contributed by atoms with Gasteiger partial charge in [0.05, 0.1) is 5.52 Å². The van der Waals surface area contributed by atoms with Gasteiger partial charge < -0.3 is 34.2 Å². The lowest BCUT2D eigenvalue weighted by molar-refractivity contribution is 0.281. The van der Waals surface area contributed by atoms with E-state index in [1.165, 1.54) is 16.5 Å². The fraction of sp³-hybridized carbons (Fsp3) is 0.211. The lowest BCUT2D eigenvalue weighted by atomic mass is 9.87. The number of aromatic amines is 1. The molecule has 67 heavy (non-hydrogen) atoms. The Labute approximate surface area is 391 Å². The van der Waals surface area contributed by atoms with Crippen molar-refractivity contribution in [3.8, 4) is 40.2 Å². The van der Waals surface area contributed by atoms with Crippen LogP contribution < -0.4 is 20.1 Å². The molecule has 0 unspecified atom stereocenters. The first-order chi connectivity index (χ1) is 32.3. The van der Waals surface area contributed by atoms with Crippen LogP contribution in [0.25, 0.3) is 44.7 Å². The third kappa shape index (κ3) is 10.7. The first-order valence-electron chi connectivity index (χ1n) is 22.5. The summed E-state index contributed by atoms with van der Waals surface area (Å²) < 4.78 is 31.3. The number of nitrogens with one attached hydrogen (secondary N) is 1. The maximum atomic E-state index is 6.41. The van der Waals surface area contributed by atoms with Gasteiger partial charge in [-0.25, -0.2) is 0 Å². The summed E-state index contributed by atoms with van der Waals surface area (Å²) in [7, 11) is 0. The highest BCUT2D eigenvalue weighted by atomic mass is 16.5. The van der Waals surface area contributed by atoms with Gasteiger partial charge in [-0.2, -0.15) is 0 Å². The molecule has 0 saturated heterocycles. The fourth-order valence-electron chi connectivity index (χ4n) is 7.81. The van der Waals surface area contributed by atoms with Gasteiger partial charge in [-0.15, -0.1) is 15.3 Å². The molecule has 10 heteroatoms. The molecule has 0 aliphatic heterocycles. The second-order valence-electron chi connectivity index (χ2n) is 18.9. The molecule has 0 saturated carbocycles. The van der Waals surface area contributed by atoms with Gasteiger partial charge in [0.15, 0.2) is 0 Å². The van der Waals surface area contributed by atoms with E-state index in [1.54, 1.807) is 0 Å². The molecular formula is C57H55N5O5. The zero-order valence-corrected chi connectivity index (χ0v) is 38.8. The molecule has 338 valence electrons. The van der Waals surface area contributed by atoms with Crippen LogP contribution in [0.5, 0.6) is 17.2 Å². The lowest BCUT2D eigenvalue weighted by Crippen LogP contribution is -2.13. The Kier molecular flexibility index (Phi) is 12.5.